The molecule has 0 spiro atoms. The van der Waals surface area contributed by atoms with Crippen LogP contribution in [0.4, 0.5) is 0 Å². The second-order valence-electron chi connectivity index (χ2n) is 5.54. The van der Waals surface area contributed by atoms with E-state index in [0.717, 1.165) is 23.6 Å². The number of benzene rings is 2. The quantitative estimate of drug-likeness (QED) is 0.387. The van der Waals surface area contributed by atoms with E-state index >= 15 is 0 Å². The van der Waals surface area contributed by atoms with Gasteiger partial charge in [0.2, 0.25) is 0 Å². The topological polar surface area (TPSA) is 30.7 Å². The molecule has 25 heavy (non-hydrogen) atoms. The molecule has 0 aliphatic rings. The molecule has 0 saturated heterocycles. The molecule has 126 valence electrons. The Morgan fingerprint density at radius 3 is 2.44 bits per heavy atom. The molecule has 2 aromatic carbocycles. The summed E-state index contributed by atoms with van der Waals surface area (Å²) in [4.78, 5) is 8.86. The Hall–Kier alpha value is -2.51. The van der Waals surface area contributed by atoms with Crippen molar-refractivity contribution >= 4 is 0 Å². The van der Waals surface area contributed by atoms with Gasteiger partial charge in [0.1, 0.15) is 0 Å². The number of hydrogen-bond donors (Lipinski definition) is 0. The standard InChI is InChI=1S/C21H16N3.Pt/c1-2-8-17(9-3-1)16-18-10-4-5-12-20(18)24-15-14-23-21(24)19-11-6-7-13-22-19;/h1-10,12-15H,16H2;/q-1;. The summed E-state index contributed by atoms with van der Waals surface area (Å²) in [7, 11) is 0. The van der Waals surface area contributed by atoms with Gasteiger partial charge in [-0.2, -0.15) is 12.1 Å². The Morgan fingerprint density at radius 2 is 1.64 bits per heavy atom. The van der Waals surface area contributed by atoms with Crippen LogP contribution in [0.25, 0.3) is 17.2 Å². The third-order valence-electron chi connectivity index (χ3n) is 3.95. The fraction of sp³-hybridized carbons (Fsp3) is 0.0476. The number of pyridine rings is 1. The summed E-state index contributed by atoms with van der Waals surface area (Å²) >= 11 is 0. The van der Waals surface area contributed by atoms with Crippen LogP contribution in [0.15, 0.2) is 85.3 Å². The zero-order chi connectivity index (χ0) is 16.2. The van der Waals surface area contributed by atoms with Crippen LogP contribution in [0.5, 0.6) is 0 Å². The predicted molar refractivity (Wildman–Crippen MR) is 94.9 cm³/mol. The Morgan fingerprint density at radius 1 is 0.840 bits per heavy atom. The van der Waals surface area contributed by atoms with Crippen LogP contribution >= 0.6 is 0 Å². The van der Waals surface area contributed by atoms with E-state index in [1.54, 1.807) is 12.4 Å². The van der Waals surface area contributed by atoms with Crippen LogP contribution in [0.2, 0.25) is 0 Å². The number of aromatic nitrogens is 3. The van der Waals surface area contributed by atoms with Gasteiger partial charge in [0.05, 0.1) is 5.82 Å². The molecule has 0 amide bonds. The van der Waals surface area contributed by atoms with E-state index in [4.69, 9.17) is 0 Å². The maximum absolute atomic E-state index is 4.48. The fourth-order valence-electron chi connectivity index (χ4n) is 2.83. The molecule has 0 atom stereocenters. The smallest absolute Gasteiger partial charge is 0.0614 e. The number of nitrogens with zero attached hydrogens (tertiary/aromatic N) is 3. The molecular formula is C21H16N3Pt-. The van der Waals surface area contributed by atoms with Crippen LogP contribution in [0, 0.1) is 6.07 Å². The van der Waals surface area contributed by atoms with Crippen molar-refractivity contribution in [3.63, 3.8) is 0 Å². The fourth-order valence-corrected chi connectivity index (χ4v) is 2.83. The van der Waals surface area contributed by atoms with E-state index in [-0.39, 0.29) is 21.1 Å². The molecule has 0 N–H and O–H groups in total. The van der Waals surface area contributed by atoms with Crippen LogP contribution in [-0.4, -0.2) is 14.5 Å². The molecule has 0 unspecified atom stereocenters. The van der Waals surface area contributed by atoms with E-state index in [2.05, 4.69) is 69.1 Å². The molecule has 2 heterocycles. The van der Waals surface area contributed by atoms with Gasteiger partial charge in [-0.3, -0.25) is 9.97 Å². The Balaban J connectivity index is 0.00000182. The van der Waals surface area contributed by atoms with Gasteiger partial charge in [-0.1, -0.05) is 48.5 Å². The molecule has 3 nitrogen and oxygen atoms in total. The van der Waals surface area contributed by atoms with Gasteiger partial charge in [-0.05, 0) is 35.5 Å². The van der Waals surface area contributed by atoms with Crippen molar-refractivity contribution in [2.75, 3.05) is 0 Å². The first-order valence-corrected chi connectivity index (χ1v) is 7.90. The average molecular weight is 505 g/mol. The van der Waals surface area contributed by atoms with Gasteiger partial charge in [0, 0.05) is 39.1 Å². The summed E-state index contributed by atoms with van der Waals surface area (Å²) in [6.45, 7) is 0. The van der Waals surface area contributed by atoms with Gasteiger partial charge in [-0.15, -0.1) is 6.07 Å². The molecule has 0 saturated carbocycles. The van der Waals surface area contributed by atoms with Crippen molar-refractivity contribution in [1.29, 1.82) is 0 Å². The molecule has 4 aromatic rings. The number of para-hydroxylation sites is 1. The molecule has 0 fully saturated rings. The summed E-state index contributed by atoms with van der Waals surface area (Å²) in [6, 6.07) is 25.8. The van der Waals surface area contributed by atoms with Gasteiger partial charge in [-0.25, -0.2) is 0 Å². The monoisotopic (exact) mass is 505 g/mol. The summed E-state index contributed by atoms with van der Waals surface area (Å²) < 4.78 is 2.08. The third kappa shape index (κ3) is 3.78. The second kappa shape index (κ2) is 8.04. The maximum Gasteiger partial charge on any atom is 0.0614 e. The number of hydrogen-bond acceptors (Lipinski definition) is 2. The molecular weight excluding hydrogens is 489 g/mol. The van der Waals surface area contributed by atoms with Gasteiger partial charge >= 0.3 is 0 Å². The molecule has 0 aliphatic heterocycles. The first-order valence-electron chi connectivity index (χ1n) is 7.90. The van der Waals surface area contributed by atoms with Crippen molar-refractivity contribution in [2.45, 2.75) is 6.42 Å². The van der Waals surface area contributed by atoms with Gasteiger partial charge in [0.15, 0.2) is 0 Å². The third-order valence-corrected chi connectivity index (χ3v) is 3.95. The molecule has 2 aromatic heterocycles. The Labute approximate surface area is 161 Å². The average Bonchev–Trinajstić information content (AvgIpc) is 3.13. The van der Waals surface area contributed by atoms with Gasteiger partial charge in [0.25, 0.3) is 0 Å². The van der Waals surface area contributed by atoms with Crippen LogP contribution in [0.1, 0.15) is 11.1 Å². The summed E-state index contributed by atoms with van der Waals surface area (Å²) in [6.07, 6.45) is 6.42. The molecule has 0 aliphatic carbocycles. The van der Waals surface area contributed by atoms with Gasteiger partial charge < -0.3 is 4.57 Å². The molecule has 4 heteroatoms. The van der Waals surface area contributed by atoms with Crippen LogP contribution in [-0.2, 0) is 27.5 Å². The molecule has 0 bridgehead atoms. The van der Waals surface area contributed by atoms with Crippen LogP contribution in [0.3, 0.4) is 0 Å². The summed E-state index contributed by atoms with van der Waals surface area (Å²) in [5.74, 6) is 0.802. The largest absolute Gasteiger partial charge is 0.351 e. The maximum atomic E-state index is 4.48. The minimum absolute atomic E-state index is 0. The normalized spacial score (nSPS) is 10.2. The van der Waals surface area contributed by atoms with E-state index in [1.165, 1.54) is 11.1 Å². The Kier molecular flexibility index (Phi) is 5.57. The second-order valence-corrected chi connectivity index (χ2v) is 5.54. The first kappa shape index (κ1) is 17.3. The number of rotatable bonds is 4. The van der Waals surface area contributed by atoms with Crippen molar-refractivity contribution in [3.8, 4) is 17.2 Å². The minimum atomic E-state index is 0. The summed E-state index contributed by atoms with van der Waals surface area (Å²) in [5.41, 5.74) is 4.40. The Bertz CT molecular complexity index is 934. The van der Waals surface area contributed by atoms with Crippen molar-refractivity contribution < 1.29 is 21.1 Å². The minimum Gasteiger partial charge on any atom is -0.351 e. The van der Waals surface area contributed by atoms with E-state index < -0.39 is 0 Å². The van der Waals surface area contributed by atoms with E-state index in [0.29, 0.717) is 0 Å². The predicted octanol–water partition coefficient (Wildman–Crippen LogP) is 4.32. The van der Waals surface area contributed by atoms with E-state index in [9.17, 15) is 0 Å². The first-order chi connectivity index (χ1) is 11.9. The zero-order valence-electron chi connectivity index (χ0n) is 13.4. The zero-order valence-corrected chi connectivity index (χ0v) is 15.7. The summed E-state index contributed by atoms with van der Waals surface area (Å²) in [5, 5.41) is 0. The molecule has 4 rings (SSSR count). The SMILES string of the molecule is [Pt].[c-]1cccnc1-c1nccn1-c1ccccc1Cc1ccccc1. The van der Waals surface area contributed by atoms with E-state index in [1.807, 2.05) is 24.4 Å². The van der Waals surface area contributed by atoms with Crippen LogP contribution < -0.4 is 0 Å². The van der Waals surface area contributed by atoms with Crippen molar-refractivity contribution in [3.05, 3.63) is 103 Å². The number of imidazole rings is 1. The van der Waals surface area contributed by atoms with Crippen molar-refractivity contribution in [2.24, 2.45) is 0 Å². The van der Waals surface area contributed by atoms with Crippen molar-refractivity contribution in [1.82, 2.24) is 14.5 Å². The molecule has 0 radical (unpaired) electrons.